The van der Waals surface area contributed by atoms with Crippen LogP contribution in [-0.2, 0) is 0 Å². The Balaban J connectivity index is 2.01. The summed E-state index contributed by atoms with van der Waals surface area (Å²) in [6.45, 7) is 5.52. The molecule has 1 saturated heterocycles. The number of methoxy groups -OCH3 is 1. The van der Waals surface area contributed by atoms with Crippen LogP contribution in [0.5, 0.6) is 5.75 Å². The van der Waals surface area contributed by atoms with Crippen LogP contribution in [0, 0.1) is 0 Å². The molecule has 2 rings (SSSR count). The fraction of sp³-hybridized carbons (Fsp3) is 0.667. The normalized spacial score (nSPS) is 18.5. The Morgan fingerprint density at radius 3 is 2.95 bits per heavy atom. The predicted octanol–water partition coefficient (Wildman–Crippen LogP) is 2.45. The number of pyridine rings is 1. The Bertz CT molecular complexity index is 360. The third-order valence-corrected chi connectivity index (χ3v) is 3.67. The highest BCUT2D eigenvalue weighted by Gasteiger charge is 2.18. The number of rotatable bonds is 7. The van der Waals surface area contributed by atoms with Crippen LogP contribution in [0.15, 0.2) is 18.3 Å². The minimum absolute atomic E-state index is 0.612. The number of aromatic nitrogens is 1. The first-order chi connectivity index (χ1) is 9.33. The van der Waals surface area contributed by atoms with Gasteiger partial charge in [-0.3, -0.25) is 0 Å². The highest BCUT2D eigenvalue weighted by Crippen LogP contribution is 2.18. The van der Waals surface area contributed by atoms with Gasteiger partial charge >= 0.3 is 0 Å². The van der Waals surface area contributed by atoms with Gasteiger partial charge in [0.15, 0.2) is 0 Å². The Morgan fingerprint density at radius 1 is 1.47 bits per heavy atom. The van der Waals surface area contributed by atoms with Gasteiger partial charge in [-0.15, -0.1) is 0 Å². The second kappa shape index (κ2) is 7.34. The molecule has 4 heteroatoms. The lowest BCUT2D eigenvalue weighted by molar-refractivity contribution is 0.413. The van der Waals surface area contributed by atoms with E-state index in [0.29, 0.717) is 6.04 Å². The predicted molar refractivity (Wildman–Crippen MR) is 78.9 cm³/mol. The molecular weight excluding hydrogens is 238 g/mol. The van der Waals surface area contributed by atoms with Crippen molar-refractivity contribution in [3.8, 4) is 5.75 Å². The molecule has 1 aliphatic heterocycles. The van der Waals surface area contributed by atoms with Crippen molar-refractivity contribution in [3.63, 3.8) is 0 Å². The molecule has 0 saturated carbocycles. The van der Waals surface area contributed by atoms with Crippen LogP contribution in [0.2, 0.25) is 0 Å². The van der Waals surface area contributed by atoms with Gasteiger partial charge in [0.25, 0.3) is 0 Å². The zero-order chi connectivity index (χ0) is 13.5. The van der Waals surface area contributed by atoms with Gasteiger partial charge in [0.05, 0.1) is 13.3 Å². The molecule has 2 heterocycles. The molecule has 0 aliphatic carbocycles. The van der Waals surface area contributed by atoms with Gasteiger partial charge in [0.1, 0.15) is 11.6 Å². The first-order valence-electron chi connectivity index (χ1n) is 7.32. The summed E-state index contributed by atoms with van der Waals surface area (Å²) < 4.78 is 5.17. The molecule has 0 bridgehead atoms. The van der Waals surface area contributed by atoms with E-state index in [2.05, 4.69) is 28.2 Å². The molecule has 4 nitrogen and oxygen atoms in total. The number of nitrogens with zero attached hydrogens (tertiary/aromatic N) is 2. The van der Waals surface area contributed by atoms with Crippen molar-refractivity contribution in [1.29, 1.82) is 0 Å². The summed E-state index contributed by atoms with van der Waals surface area (Å²) in [4.78, 5) is 6.91. The van der Waals surface area contributed by atoms with Crippen LogP contribution in [0.4, 0.5) is 5.82 Å². The van der Waals surface area contributed by atoms with Gasteiger partial charge < -0.3 is 15.0 Å². The number of nitrogens with one attached hydrogen (secondary N) is 1. The number of unbranched alkanes of at least 4 members (excludes halogenated alkanes) is 1. The maximum absolute atomic E-state index is 5.17. The largest absolute Gasteiger partial charge is 0.495 e. The summed E-state index contributed by atoms with van der Waals surface area (Å²) in [5.74, 6) is 1.88. The molecule has 1 aromatic rings. The lowest BCUT2D eigenvalue weighted by atomic mass is 10.2. The van der Waals surface area contributed by atoms with Crippen LogP contribution in [0.1, 0.15) is 32.6 Å². The highest BCUT2D eigenvalue weighted by atomic mass is 16.5. The van der Waals surface area contributed by atoms with Gasteiger partial charge in [0, 0.05) is 19.1 Å². The summed E-state index contributed by atoms with van der Waals surface area (Å²) in [6.07, 6.45) is 6.79. The Kier molecular flexibility index (Phi) is 5.45. The van der Waals surface area contributed by atoms with Crippen LogP contribution in [0.3, 0.4) is 0 Å². The highest BCUT2D eigenvalue weighted by molar-refractivity contribution is 5.41. The van der Waals surface area contributed by atoms with Crippen molar-refractivity contribution in [2.75, 3.05) is 31.6 Å². The van der Waals surface area contributed by atoms with E-state index in [-0.39, 0.29) is 0 Å². The summed E-state index contributed by atoms with van der Waals surface area (Å²) in [5.41, 5.74) is 0. The van der Waals surface area contributed by atoms with E-state index in [1.54, 1.807) is 13.3 Å². The minimum Gasteiger partial charge on any atom is -0.495 e. The molecule has 1 aliphatic rings. The smallest absolute Gasteiger partial charge is 0.137 e. The molecular formula is C15H25N3O. The zero-order valence-corrected chi connectivity index (χ0v) is 12.1. The molecule has 19 heavy (non-hydrogen) atoms. The first-order valence-corrected chi connectivity index (χ1v) is 7.32. The fourth-order valence-electron chi connectivity index (χ4n) is 2.51. The number of anilines is 1. The van der Waals surface area contributed by atoms with E-state index in [1.807, 2.05) is 6.07 Å². The van der Waals surface area contributed by atoms with E-state index in [0.717, 1.165) is 31.2 Å². The summed E-state index contributed by atoms with van der Waals surface area (Å²) in [7, 11) is 1.67. The summed E-state index contributed by atoms with van der Waals surface area (Å²) >= 11 is 0. The molecule has 1 aromatic heterocycles. The SMILES string of the molecule is CCCCN(CC1CCCN1)c1ccc(OC)cn1. The molecule has 0 aromatic carbocycles. The third-order valence-electron chi connectivity index (χ3n) is 3.67. The fourth-order valence-corrected chi connectivity index (χ4v) is 2.51. The lowest BCUT2D eigenvalue weighted by Gasteiger charge is -2.27. The number of hydrogen-bond donors (Lipinski definition) is 1. The Morgan fingerprint density at radius 2 is 2.37 bits per heavy atom. The maximum Gasteiger partial charge on any atom is 0.137 e. The summed E-state index contributed by atoms with van der Waals surface area (Å²) in [5, 5.41) is 3.56. The first kappa shape index (κ1) is 14.1. The van der Waals surface area contributed by atoms with E-state index in [4.69, 9.17) is 4.74 Å². The van der Waals surface area contributed by atoms with E-state index < -0.39 is 0 Å². The van der Waals surface area contributed by atoms with E-state index in [1.165, 1.54) is 25.7 Å². The maximum atomic E-state index is 5.17. The van der Waals surface area contributed by atoms with Crippen molar-refractivity contribution in [2.24, 2.45) is 0 Å². The van der Waals surface area contributed by atoms with Gasteiger partial charge in [-0.1, -0.05) is 13.3 Å². The van der Waals surface area contributed by atoms with Gasteiger partial charge in [0.2, 0.25) is 0 Å². The van der Waals surface area contributed by atoms with Crippen molar-refractivity contribution < 1.29 is 4.74 Å². The van der Waals surface area contributed by atoms with Crippen LogP contribution < -0.4 is 15.0 Å². The number of ether oxygens (including phenoxy) is 1. The molecule has 1 fully saturated rings. The van der Waals surface area contributed by atoms with Crippen molar-refractivity contribution in [1.82, 2.24) is 10.3 Å². The molecule has 106 valence electrons. The Hall–Kier alpha value is -1.29. The Labute approximate surface area is 116 Å². The average molecular weight is 263 g/mol. The third kappa shape index (κ3) is 4.10. The lowest BCUT2D eigenvalue weighted by Crippen LogP contribution is -2.38. The van der Waals surface area contributed by atoms with Gasteiger partial charge in [-0.05, 0) is 37.9 Å². The average Bonchev–Trinajstić information content (AvgIpc) is 2.96. The minimum atomic E-state index is 0.612. The standard InChI is InChI=1S/C15H25N3O/c1-3-4-10-18(12-13-6-5-9-16-13)15-8-7-14(19-2)11-17-15/h7-8,11,13,16H,3-6,9-10,12H2,1-2H3. The monoisotopic (exact) mass is 263 g/mol. The molecule has 1 N–H and O–H groups in total. The second-order valence-electron chi connectivity index (χ2n) is 5.15. The second-order valence-corrected chi connectivity index (χ2v) is 5.15. The quantitative estimate of drug-likeness (QED) is 0.820. The van der Waals surface area contributed by atoms with E-state index in [9.17, 15) is 0 Å². The van der Waals surface area contributed by atoms with Crippen molar-refractivity contribution >= 4 is 5.82 Å². The zero-order valence-electron chi connectivity index (χ0n) is 12.1. The van der Waals surface area contributed by atoms with Gasteiger partial charge in [-0.2, -0.15) is 0 Å². The van der Waals surface area contributed by atoms with Crippen LogP contribution in [0.25, 0.3) is 0 Å². The topological polar surface area (TPSA) is 37.4 Å². The van der Waals surface area contributed by atoms with Crippen LogP contribution in [-0.4, -0.2) is 37.8 Å². The molecule has 1 unspecified atom stereocenters. The molecule has 0 amide bonds. The van der Waals surface area contributed by atoms with Crippen molar-refractivity contribution in [3.05, 3.63) is 18.3 Å². The summed E-state index contributed by atoms with van der Waals surface area (Å²) in [6, 6.07) is 4.66. The van der Waals surface area contributed by atoms with Crippen LogP contribution >= 0.6 is 0 Å². The van der Waals surface area contributed by atoms with Gasteiger partial charge in [-0.25, -0.2) is 4.98 Å². The molecule has 1 atom stereocenters. The van der Waals surface area contributed by atoms with Crippen molar-refractivity contribution in [2.45, 2.75) is 38.6 Å². The molecule has 0 radical (unpaired) electrons. The molecule has 0 spiro atoms. The van der Waals surface area contributed by atoms with E-state index >= 15 is 0 Å². The number of hydrogen-bond acceptors (Lipinski definition) is 4.